The third kappa shape index (κ3) is 2.86. The van der Waals surface area contributed by atoms with E-state index < -0.39 is 5.54 Å². The van der Waals surface area contributed by atoms with E-state index in [1.54, 1.807) is 6.07 Å². The minimum atomic E-state index is -0.419. The molecule has 1 aliphatic carbocycles. The molecule has 4 heteroatoms. The molecule has 24 heavy (non-hydrogen) atoms. The van der Waals surface area contributed by atoms with Crippen molar-refractivity contribution in [2.24, 2.45) is 5.92 Å². The van der Waals surface area contributed by atoms with Gasteiger partial charge in [-0.2, -0.15) is 5.48 Å². The van der Waals surface area contributed by atoms with E-state index in [9.17, 15) is 4.39 Å². The molecule has 2 aromatic carbocycles. The van der Waals surface area contributed by atoms with E-state index in [0.717, 1.165) is 19.3 Å². The van der Waals surface area contributed by atoms with Crippen LogP contribution in [0.25, 0.3) is 0 Å². The molecule has 4 rings (SSSR count). The Morgan fingerprint density at radius 2 is 1.92 bits per heavy atom. The summed E-state index contributed by atoms with van der Waals surface area (Å²) in [5.41, 5.74) is 4.61. The molecule has 2 aliphatic rings. The van der Waals surface area contributed by atoms with Crippen LogP contribution < -0.4 is 5.48 Å². The Hall–Kier alpha value is -1.75. The van der Waals surface area contributed by atoms with Gasteiger partial charge in [0.15, 0.2) is 0 Å². The fraction of sp³-hybridized carbons (Fsp3) is 0.400. The molecule has 0 radical (unpaired) electrons. The van der Waals surface area contributed by atoms with Gasteiger partial charge in [0.25, 0.3) is 0 Å². The second-order valence-corrected chi connectivity index (χ2v) is 6.75. The van der Waals surface area contributed by atoms with E-state index in [2.05, 4.69) is 17.6 Å². The van der Waals surface area contributed by atoms with E-state index >= 15 is 0 Å². The monoisotopic (exact) mass is 327 g/mol. The fourth-order valence-corrected chi connectivity index (χ4v) is 4.02. The van der Waals surface area contributed by atoms with Crippen molar-refractivity contribution in [2.75, 3.05) is 6.61 Å². The van der Waals surface area contributed by atoms with Crippen LogP contribution in [-0.2, 0) is 21.7 Å². The maximum Gasteiger partial charge on any atom is 0.128 e. The summed E-state index contributed by atoms with van der Waals surface area (Å²) < 4.78 is 20.5. The van der Waals surface area contributed by atoms with Crippen molar-refractivity contribution in [1.29, 1.82) is 0 Å². The van der Waals surface area contributed by atoms with E-state index in [-0.39, 0.29) is 17.8 Å². The molecule has 0 spiro atoms. The van der Waals surface area contributed by atoms with E-state index in [0.29, 0.717) is 18.8 Å². The van der Waals surface area contributed by atoms with Gasteiger partial charge in [-0.15, -0.1) is 0 Å². The van der Waals surface area contributed by atoms with Crippen LogP contribution in [0.2, 0.25) is 0 Å². The molecule has 0 bridgehead atoms. The van der Waals surface area contributed by atoms with Gasteiger partial charge in [0.2, 0.25) is 0 Å². The number of hydrogen-bond donors (Lipinski definition) is 1. The third-order valence-electron chi connectivity index (χ3n) is 5.33. The summed E-state index contributed by atoms with van der Waals surface area (Å²) in [5.74, 6) is 0.0630. The van der Waals surface area contributed by atoms with Crippen LogP contribution >= 0.6 is 0 Å². The Morgan fingerprint density at radius 1 is 1.12 bits per heavy atom. The number of hydroxylamine groups is 1. The molecule has 0 amide bonds. The van der Waals surface area contributed by atoms with Gasteiger partial charge in [-0.05, 0) is 30.9 Å². The molecule has 0 aromatic heterocycles. The van der Waals surface area contributed by atoms with Gasteiger partial charge in [0.05, 0.1) is 24.9 Å². The summed E-state index contributed by atoms with van der Waals surface area (Å²) in [7, 11) is 0. The molecule has 1 saturated carbocycles. The smallest absolute Gasteiger partial charge is 0.128 e. The quantitative estimate of drug-likeness (QED) is 0.922. The summed E-state index contributed by atoms with van der Waals surface area (Å²) in [6, 6.07) is 17.2. The van der Waals surface area contributed by atoms with Crippen LogP contribution in [0.5, 0.6) is 0 Å². The Balaban J connectivity index is 1.46. The van der Waals surface area contributed by atoms with Gasteiger partial charge in [-0.1, -0.05) is 48.5 Å². The summed E-state index contributed by atoms with van der Waals surface area (Å²) in [5, 5.41) is 0. The van der Waals surface area contributed by atoms with Crippen molar-refractivity contribution in [3.8, 4) is 0 Å². The zero-order chi connectivity index (χ0) is 16.4. The minimum Gasteiger partial charge on any atom is -0.374 e. The van der Waals surface area contributed by atoms with E-state index in [1.807, 2.05) is 30.3 Å². The van der Waals surface area contributed by atoms with Crippen molar-refractivity contribution >= 4 is 0 Å². The third-order valence-corrected chi connectivity index (χ3v) is 5.33. The largest absolute Gasteiger partial charge is 0.374 e. The Kier molecular flexibility index (Phi) is 4.35. The lowest BCUT2D eigenvalue weighted by molar-refractivity contribution is -0.0204. The average Bonchev–Trinajstić information content (AvgIpc) is 3.05. The maximum absolute atomic E-state index is 14.3. The first-order valence-corrected chi connectivity index (χ1v) is 8.57. The number of hydrogen-bond acceptors (Lipinski definition) is 3. The lowest BCUT2D eigenvalue weighted by Crippen LogP contribution is -2.47. The Morgan fingerprint density at radius 3 is 2.75 bits per heavy atom. The molecule has 1 N–H and O–H groups in total. The highest BCUT2D eigenvalue weighted by Crippen LogP contribution is 2.46. The molecule has 2 aromatic rings. The molecular weight excluding hydrogens is 305 g/mol. The van der Waals surface area contributed by atoms with Crippen molar-refractivity contribution in [1.82, 2.24) is 5.48 Å². The normalized spacial score (nSPS) is 29.4. The summed E-state index contributed by atoms with van der Waals surface area (Å²) in [4.78, 5) is 5.54. The van der Waals surface area contributed by atoms with Crippen molar-refractivity contribution < 1.29 is 14.0 Å². The molecule has 3 atom stereocenters. The lowest BCUT2D eigenvalue weighted by atomic mass is 9.69. The number of benzene rings is 2. The first-order valence-electron chi connectivity index (χ1n) is 8.57. The summed E-state index contributed by atoms with van der Waals surface area (Å²) in [6.07, 6.45) is 2.79. The van der Waals surface area contributed by atoms with Crippen LogP contribution in [-0.4, -0.2) is 12.7 Å². The Labute approximate surface area is 141 Å². The number of ether oxygens (including phenoxy) is 1. The highest BCUT2D eigenvalue weighted by molar-refractivity contribution is 5.29. The van der Waals surface area contributed by atoms with Crippen LogP contribution in [0.15, 0.2) is 54.6 Å². The number of rotatable bonds is 4. The molecule has 1 saturated heterocycles. The first-order chi connectivity index (χ1) is 11.8. The number of nitrogens with one attached hydrogen (secondary N) is 1. The van der Waals surface area contributed by atoms with Crippen molar-refractivity contribution in [3.05, 3.63) is 71.5 Å². The van der Waals surface area contributed by atoms with Gasteiger partial charge in [-0.3, -0.25) is 0 Å². The average molecular weight is 327 g/mol. The van der Waals surface area contributed by atoms with Gasteiger partial charge < -0.3 is 9.57 Å². The van der Waals surface area contributed by atoms with Crippen molar-refractivity contribution in [2.45, 2.75) is 37.5 Å². The molecular formula is C20H22FNO2. The zero-order valence-electron chi connectivity index (χ0n) is 13.6. The molecule has 0 unspecified atom stereocenters. The lowest BCUT2D eigenvalue weighted by Gasteiger charge is -2.41. The van der Waals surface area contributed by atoms with Gasteiger partial charge >= 0.3 is 0 Å². The SMILES string of the molecule is Fc1ccccc1[C@]12CC[C@@H](OCc3ccccc3)C[C@H]1CON2. The van der Waals surface area contributed by atoms with Gasteiger partial charge in [-0.25, -0.2) is 4.39 Å². The van der Waals surface area contributed by atoms with Gasteiger partial charge in [0.1, 0.15) is 5.82 Å². The fourth-order valence-electron chi connectivity index (χ4n) is 4.02. The molecule has 1 aliphatic heterocycles. The standard InChI is InChI=1S/C20H22FNO2/c21-19-9-5-4-8-18(19)20-11-10-17(12-16(20)14-24-22-20)23-13-15-6-2-1-3-7-15/h1-9,16-17,22H,10-14H2/t16-,17+,20-/m0/s1. The predicted molar refractivity (Wildman–Crippen MR) is 89.5 cm³/mol. The van der Waals surface area contributed by atoms with Crippen molar-refractivity contribution in [3.63, 3.8) is 0 Å². The Bertz CT molecular complexity index is 693. The maximum atomic E-state index is 14.3. The number of halogens is 1. The molecule has 3 nitrogen and oxygen atoms in total. The molecule has 2 fully saturated rings. The van der Waals surface area contributed by atoms with E-state index in [1.165, 1.54) is 11.6 Å². The van der Waals surface area contributed by atoms with E-state index in [4.69, 9.17) is 9.57 Å². The van der Waals surface area contributed by atoms with Crippen LogP contribution in [0.3, 0.4) is 0 Å². The summed E-state index contributed by atoms with van der Waals surface area (Å²) >= 11 is 0. The predicted octanol–water partition coefficient (Wildman–Crippen LogP) is 3.94. The van der Waals surface area contributed by atoms with Crippen LogP contribution in [0.1, 0.15) is 30.4 Å². The topological polar surface area (TPSA) is 30.5 Å². The minimum absolute atomic E-state index is 0.163. The second kappa shape index (κ2) is 6.63. The summed E-state index contributed by atoms with van der Waals surface area (Å²) in [6.45, 7) is 1.22. The van der Waals surface area contributed by atoms with Crippen LogP contribution in [0, 0.1) is 11.7 Å². The van der Waals surface area contributed by atoms with Crippen LogP contribution in [0.4, 0.5) is 4.39 Å². The second-order valence-electron chi connectivity index (χ2n) is 6.75. The van der Waals surface area contributed by atoms with Gasteiger partial charge in [0, 0.05) is 11.5 Å². The molecule has 126 valence electrons. The molecule has 1 heterocycles. The zero-order valence-corrected chi connectivity index (χ0v) is 13.6. The number of fused-ring (bicyclic) bond motifs is 1. The first kappa shape index (κ1) is 15.8. The highest BCUT2D eigenvalue weighted by atomic mass is 19.1. The highest BCUT2D eigenvalue weighted by Gasteiger charge is 2.50.